The molecular weight excluding hydrogens is 459 g/mol. The highest BCUT2D eigenvalue weighted by Crippen LogP contribution is 2.36. The minimum atomic E-state index is -3.35. The van der Waals surface area contributed by atoms with Crippen molar-refractivity contribution in [2.24, 2.45) is 12.2 Å². The molecular formula is C22H20Cl2N2O4S. The molecule has 0 radical (unpaired) electrons. The molecule has 3 aromatic rings. The van der Waals surface area contributed by atoms with Gasteiger partial charge in [-0.25, -0.2) is 8.42 Å². The first-order chi connectivity index (χ1) is 14.6. The number of hydrogen-bond acceptors (Lipinski definition) is 5. The molecule has 1 aromatic heterocycles. The van der Waals surface area contributed by atoms with Crippen molar-refractivity contribution < 1.29 is 13.6 Å². The van der Waals surface area contributed by atoms with Crippen LogP contribution in [0.15, 0.2) is 75.6 Å². The maximum absolute atomic E-state index is 11.8. The van der Waals surface area contributed by atoms with Gasteiger partial charge in [-0.15, -0.1) is 0 Å². The Morgan fingerprint density at radius 1 is 1.10 bits per heavy atom. The third-order valence-corrected chi connectivity index (χ3v) is 6.69. The van der Waals surface area contributed by atoms with Crippen molar-refractivity contribution in [2.45, 2.75) is 17.2 Å². The lowest BCUT2D eigenvalue weighted by molar-refractivity contribution is 0.317. The van der Waals surface area contributed by atoms with Crippen molar-refractivity contribution in [1.29, 1.82) is 0 Å². The van der Waals surface area contributed by atoms with Gasteiger partial charge in [-0.1, -0.05) is 40.5 Å². The van der Waals surface area contributed by atoms with Crippen LogP contribution in [0, 0.1) is 0 Å². The predicted octanol–water partition coefficient (Wildman–Crippen LogP) is 4.50. The van der Waals surface area contributed by atoms with Crippen LogP contribution in [0.4, 0.5) is 0 Å². The minimum absolute atomic E-state index is 0.188. The van der Waals surface area contributed by atoms with Crippen LogP contribution in [-0.2, 0) is 16.9 Å². The molecule has 9 heteroatoms. The van der Waals surface area contributed by atoms with E-state index in [9.17, 15) is 18.4 Å². The molecule has 0 saturated heterocycles. The van der Waals surface area contributed by atoms with Crippen LogP contribution in [0.2, 0.25) is 10.0 Å². The van der Waals surface area contributed by atoms with E-state index in [4.69, 9.17) is 23.2 Å². The van der Waals surface area contributed by atoms with Gasteiger partial charge in [-0.2, -0.15) is 0 Å². The number of oxime groups is 1. The van der Waals surface area contributed by atoms with Crippen LogP contribution in [0.3, 0.4) is 0 Å². The van der Waals surface area contributed by atoms with E-state index in [1.807, 2.05) is 0 Å². The molecule has 0 fully saturated rings. The Morgan fingerprint density at radius 3 is 2.35 bits per heavy atom. The molecule has 0 aliphatic carbocycles. The number of benzene rings is 2. The minimum Gasteiger partial charge on any atom is -0.411 e. The number of aromatic nitrogens is 1. The topological polar surface area (TPSA) is 88.7 Å². The Balaban J connectivity index is 2.10. The van der Waals surface area contributed by atoms with Crippen molar-refractivity contribution in [3.05, 3.63) is 97.9 Å². The Bertz CT molecular complexity index is 1300. The smallest absolute Gasteiger partial charge is 0.250 e. The summed E-state index contributed by atoms with van der Waals surface area (Å²) in [4.78, 5) is 11.9. The Morgan fingerprint density at radius 2 is 1.77 bits per heavy atom. The molecule has 0 bridgehead atoms. The second kappa shape index (κ2) is 9.26. The standard InChI is InChI=1S/C22H20Cl2N2O4S/c1-26-13-15(5-10-22(26)27)21(25-28)12-18(19-11-16(23)6-9-20(19)24)14-3-7-17(8-4-14)31(2,29)30/h3-11,13,18,28H,12H2,1-2H3/b25-21-. The number of halogens is 2. The van der Waals surface area contributed by atoms with Crippen molar-refractivity contribution in [1.82, 2.24) is 4.57 Å². The van der Waals surface area contributed by atoms with Gasteiger partial charge in [0.2, 0.25) is 5.56 Å². The number of rotatable bonds is 6. The van der Waals surface area contributed by atoms with E-state index in [0.717, 1.165) is 11.8 Å². The van der Waals surface area contributed by atoms with Gasteiger partial charge in [0.15, 0.2) is 9.84 Å². The summed E-state index contributed by atoms with van der Waals surface area (Å²) in [5, 5.41) is 14.1. The van der Waals surface area contributed by atoms with Gasteiger partial charge in [0.05, 0.1) is 10.6 Å². The summed E-state index contributed by atoms with van der Waals surface area (Å²) in [6.07, 6.45) is 2.96. The molecule has 1 heterocycles. The third-order valence-electron chi connectivity index (χ3n) is 4.98. The summed E-state index contributed by atoms with van der Waals surface area (Å²) in [5.74, 6) is -0.386. The molecule has 162 valence electrons. The average Bonchev–Trinajstić information content (AvgIpc) is 2.73. The van der Waals surface area contributed by atoms with Crippen molar-refractivity contribution in [3.63, 3.8) is 0 Å². The fourth-order valence-electron chi connectivity index (χ4n) is 3.31. The molecule has 0 aliphatic heterocycles. The Kier molecular flexibility index (Phi) is 6.89. The summed E-state index contributed by atoms with van der Waals surface area (Å²) in [7, 11) is -1.74. The van der Waals surface area contributed by atoms with Crippen LogP contribution in [0.25, 0.3) is 0 Å². The maximum Gasteiger partial charge on any atom is 0.250 e. The van der Waals surface area contributed by atoms with Gasteiger partial charge >= 0.3 is 0 Å². The molecule has 1 atom stereocenters. The summed E-state index contributed by atoms with van der Waals surface area (Å²) in [6.45, 7) is 0. The second-order valence-corrected chi connectivity index (χ2v) is 10.0. The van der Waals surface area contributed by atoms with Crippen molar-refractivity contribution in [2.75, 3.05) is 6.26 Å². The molecule has 1 N–H and O–H groups in total. The van der Waals surface area contributed by atoms with E-state index < -0.39 is 9.84 Å². The van der Waals surface area contributed by atoms with E-state index in [0.29, 0.717) is 26.9 Å². The summed E-state index contributed by atoms with van der Waals surface area (Å²) < 4.78 is 25.1. The zero-order valence-electron chi connectivity index (χ0n) is 16.8. The van der Waals surface area contributed by atoms with Crippen molar-refractivity contribution in [3.8, 4) is 0 Å². The number of hydrogen-bond donors (Lipinski definition) is 1. The Hall–Kier alpha value is -2.61. The number of sulfone groups is 1. The molecule has 3 rings (SSSR count). The maximum atomic E-state index is 11.8. The van der Waals surface area contributed by atoms with E-state index in [-0.39, 0.29) is 22.8 Å². The zero-order chi connectivity index (χ0) is 22.8. The SMILES string of the molecule is Cn1cc(/C(CC(c2ccc(S(C)(=O)=O)cc2)c2cc(Cl)ccc2Cl)=N\O)ccc1=O. The van der Waals surface area contributed by atoms with Gasteiger partial charge < -0.3 is 9.77 Å². The molecule has 0 aliphatic rings. The van der Waals surface area contributed by atoms with Crippen LogP contribution in [-0.4, -0.2) is 30.2 Å². The summed E-state index contributed by atoms with van der Waals surface area (Å²) in [6, 6.07) is 14.5. The first-order valence-electron chi connectivity index (χ1n) is 9.23. The normalized spacial score (nSPS) is 13.2. The average molecular weight is 479 g/mol. The zero-order valence-corrected chi connectivity index (χ0v) is 19.1. The fraction of sp³-hybridized carbons (Fsp3) is 0.182. The van der Waals surface area contributed by atoms with Gasteiger partial charge in [0, 0.05) is 53.5 Å². The molecule has 31 heavy (non-hydrogen) atoms. The molecule has 6 nitrogen and oxygen atoms in total. The lowest BCUT2D eigenvalue weighted by Gasteiger charge is -2.21. The number of nitrogens with zero attached hydrogens (tertiary/aromatic N) is 2. The van der Waals surface area contributed by atoms with E-state index >= 15 is 0 Å². The van der Waals surface area contributed by atoms with E-state index in [1.54, 1.807) is 49.6 Å². The highest BCUT2D eigenvalue weighted by atomic mass is 35.5. The van der Waals surface area contributed by atoms with Crippen LogP contribution >= 0.6 is 23.2 Å². The monoisotopic (exact) mass is 478 g/mol. The molecule has 0 spiro atoms. The van der Waals surface area contributed by atoms with Gasteiger partial charge in [-0.05, 0) is 47.5 Å². The number of pyridine rings is 1. The molecule has 2 aromatic carbocycles. The van der Waals surface area contributed by atoms with E-state index in [2.05, 4.69) is 5.16 Å². The molecule has 1 unspecified atom stereocenters. The Labute approximate surface area is 190 Å². The number of aryl methyl sites for hydroxylation is 1. The van der Waals surface area contributed by atoms with Gasteiger partial charge in [0.25, 0.3) is 0 Å². The van der Waals surface area contributed by atoms with Crippen molar-refractivity contribution >= 4 is 38.8 Å². The van der Waals surface area contributed by atoms with Crippen LogP contribution in [0.5, 0.6) is 0 Å². The fourth-order valence-corrected chi connectivity index (χ4v) is 4.37. The van der Waals surface area contributed by atoms with Gasteiger partial charge in [0.1, 0.15) is 0 Å². The second-order valence-electron chi connectivity index (χ2n) is 7.18. The molecule has 0 amide bonds. The van der Waals surface area contributed by atoms with E-state index in [1.165, 1.54) is 22.8 Å². The van der Waals surface area contributed by atoms with Crippen LogP contribution in [0.1, 0.15) is 29.0 Å². The molecule has 0 saturated carbocycles. The van der Waals surface area contributed by atoms with Gasteiger partial charge in [-0.3, -0.25) is 4.79 Å². The largest absolute Gasteiger partial charge is 0.411 e. The summed E-state index contributed by atoms with van der Waals surface area (Å²) in [5.41, 5.74) is 2.19. The van der Waals surface area contributed by atoms with Crippen LogP contribution < -0.4 is 5.56 Å². The summed E-state index contributed by atoms with van der Waals surface area (Å²) >= 11 is 12.7. The quantitative estimate of drug-likeness (QED) is 0.321. The first-order valence-corrected chi connectivity index (χ1v) is 11.9. The highest BCUT2D eigenvalue weighted by Gasteiger charge is 2.22. The first kappa shape index (κ1) is 23.1. The predicted molar refractivity (Wildman–Crippen MR) is 122 cm³/mol. The lowest BCUT2D eigenvalue weighted by Crippen LogP contribution is -2.18. The third kappa shape index (κ3) is 5.36. The lowest BCUT2D eigenvalue weighted by atomic mass is 9.85. The highest BCUT2D eigenvalue weighted by molar-refractivity contribution is 7.90.